The van der Waals surface area contributed by atoms with E-state index in [2.05, 4.69) is 31.1 Å². The number of H-pyrrole nitrogens is 1. The highest BCUT2D eigenvalue weighted by Crippen LogP contribution is 2.26. The standard InChI is InChI=1S/C24H29N7O2/c1-3-16(2)22(24(33)25-12-6-7-13-31-15-26-29-30-31)28-23(32)17-10-11-21-19(14-17)18-8-4-5-9-20(18)27-21/h4-5,8-11,14-16,22,27H,3,6-7,12-13H2,1-2H3,(H,25,33)(H,28,32)/t16?,22-/m0/s1. The van der Waals surface area contributed by atoms with Crippen LogP contribution < -0.4 is 10.6 Å². The Bertz CT molecular complexity index is 1230. The number of hydrogen-bond donors (Lipinski definition) is 3. The van der Waals surface area contributed by atoms with Crippen molar-refractivity contribution in [2.45, 2.75) is 45.7 Å². The van der Waals surface area contributed by atoms with E-state index in [-0.39, 0.29) is 17.7 Å². The summed E-state index contributed by atoms with van der Waals surface area (Å²) >= 11 is 0. The Hall–Kier alpha value is -3.75. The van der Waals surface area contributed by atoms with Gasteiger partial charge in [0.25, 0.3) is 5.91 Å². The molecule has 4 rings (SSSR count). The zero-order valence-electron chi connectivity index (χ0n) is 18.9. The minimum atomic E-state index is -0.597. The van der Waals surface area contributed by atoms with Gasteiger partial charge < -0.3 is 15.6 Å². The lowest BCUT2D eigenvalue weighted by Crippen LogP contribution is -2.50. The van der Waals surface area contributed by atoms with E-state index in [1.807, 2.05) is 50.2 Å². The second-order valence-electron chi connectivity index (χ2n) is 8.34. The van der Waals surface area contributed by atoms with Crippen LogP contribution in [-0.2, 0) is 11.3 Å². The maximum atomic E-state index is 13.1. The van der Waals surface area contributed by atoms with Crippen molar-refractivity contribution >= 4 is 33.6 Å². The minimum Gasteiger partial charge on any atom is -0.355 e. The number of aromatic nitrogens is 5. The van der Waals surface area contributed by atoms with E-state index in [1.165, 1.54) is 0 Å². The maximum absolute atomic E-state index is 13.1. The van der Waals surface area contributed by atoms with Crippen molar-refractivity contribution in [2.24, 2.45) is 5.92 Å². The van der Waals surface area contributed by atoms with Crippen LogP contribution in [0, 0.1) is 5.92 Å². The Balaban J connectivity index is 1.39. The summed E-state index contributed by atoms with van der Waals surface area (Å²) in [5.41, 5.74) is 2.54. The zero-order valence-corrected chi connectivity index (χ0v) is 18.9. The van der Waals surface area contributed by atoms with E-state index in [4.69, 9.17) is 0 Å². The molecule has 2 heterocycles. The van der Waals surface area contributed by atoms with Gasteiger partial charge in [-0.05, 0) is 53.5 Å². The average Bonchev–Trinajstić information content (AvgIpc) is 3.48. The zero-order chi connectivity index (χ0) is 23.2. The average molecular weight is 448 g/mol. The molecule has 9 heteroatoms. The van der Waals surface area contributed by atoms with Crippen molar-refractivity contribution in [3.05, 3.63) is 54.4 Å². The minimum absolute atomic E-state index is 0.00647. The third-order valence-corrected chi connectivity index (χ3v) is 6.06. The molecule has 2 amide bonds. The molecule has 0 aliphatic rings. The third-order valence-electron chi connectivity index (χ3n) is 6.06. The Morgan fingerprint density at radius 1 is 1.09 bits per heavy atom. The van der Waals surface area contributed by atoms with Crippen LogP contribution in [0.15, 0.2) is 48.8 Å². The van der Waals surface area contributed by atoms with Crippen LogP contribution in [-0.4, -0.2) is 49.6 Å². The highest BCUT2D eigenvalue weighted by Gasteiger charge is 2.26. The first-order valence-electron chi connectivity index (χ1n) is 11.4. The number of benzene rings is 2. The summed E-state index contributed by atoms with van der Waals surface area (Å²) < 4.78 is 1.66. The van der Waals surface area contributed by atoms with Gasteiger partial charge in [0.1, 0.15) is 12.4 Å². The molecule has 172 valence electrons. The molecule has 0 aliphatic carbocycles. The van der Waals surface area contributed by atoms with E-state index >= 15 is 0 Å². The second kappa shape index (κ2) is 10.2. The van der Waals surface area contributed by atoms with E-state index in [0.717, 1.165) is 41.1 Å². The Labute approximate surface area is 191 Å². The van der Waals surface area contributed by atoms with Gasteiger partial charge in [0.05, 0.1) is 0 Å². The van der Waals surface area contributed by atoms with Crippen molar-refractivity contribution in [2.75, 3.05) is 6.54 Å². The predicted molar refractivity (Wildman–Crippen MR) is 127 cm³/mol. The van der Waals surface area contributed by atoms with Crippen LogP contribution >= 0.6 is 0 Å². The lowest BCUT2D eigenvalue weighted by Gasteiger charge is -2.23. The number of carbonyl (C=O) groups is 2. The van der Waals surface area contributed by atoms with Gasteiger partial charge in [0.2, 0.25) is 5.91 Å². The highest BCUT2D eigenvalue weighted by atomic mass is 16.2. The maximum Gasteiger partial charge on any atom is 0.251 e. The number of hydrogen-bond acceptors (Lipinski definition) is 5. The van der Waals surface area contributed by atoms with Gasteiger partial charge in [-0.1, -0.05) is 38.5 Å². The van der Waals surface area contributed by atoms with Crippen LogP contribution in [0.4, 0.5) is 0 Å². The van der Waals surface area contributed by atoms with Gasteiger partial charge in [-0.3, -0.25) is 9.59 Å². The summed E-state index contributed by atoms with van der Waals surface area (Å²) in [5, 5.41) is 19.0. The molecule has 9 nitrogen and oxygen atoms in total. The number of nitrogens with one attached hydrogen (secondary N) is 3. The topological polar surface area (TPSA) is 118 Å². The molecule has 0 saturated heterocycles. The number of carbonyl (C=O) groups excluding carboxylic acids is 2. The molecule has 3 N–H and O–H groups in total. The van der Waals surface area contributed by atoms with Crippen LogP contribution in [0.2, 0.25) is 0 Å². The van der Waals surface area contributed by atoms with Gasteiger partial charge in [-0.2, -0.15) is 0 Å². The first-order chi connectivity index (χ1) is 16.1. The summed E-state index contributed by atoms with van der Waals surface area (Å²) in [4.78, 5) is 29.3. The van der Waals surface area contributed by atoms with E-state index < -0.39 is 6.04 Å². The summed E-state index contributed by atoms with van der Waals surface area (Å²) in [6.07, 6.45) is 3.99. The SMILES string of the molecule is CCC(C)[C@H](NC(=O)c1ccc2[nH]c3ccccc3c2c1)C(=O)NCCCCn1cnnn1. The van der Waals surface area contributed by atoms with Gasteiger partial charge in [-0.25, -0.2) is 4.68 Å². The predicted octanol–water partition coefficient (Wildman–Crippen LogP) is 3.05. The molecule has 1 unspecified atom stereocenters. The normalized spacial score (nSPS) is 13.2. The van der Waals surface area contributed by atoms with Gasteiger partial charge in [0, 0.05) is 40.5 Å². The van der Waals surface area contributed by atoms with Crippen molar-refractivity contribution in [3.63, 3.8) is 0 Å². The molecular weight excluding hydrogens is 418 g/mol. The van der Waals surface area contributed by atoms with Crippen molar-refractivity contribution < 1.29 is 9.59 Å². The summed E-state index contributed by atoms with van der Waals surface area (Å²) in [6, 6.07) is 13.0. The number of aryl methyl sites for hydroxylation is 1. The van der Waals surface area contributed by atoms with Crippen molar-refractivity contribution in [3.8, 4) is 0 Å². The largest absolute Gasteiger partial charge is 0.355 e. The van der Waals surface area contributed by atoms with Gasteiger partial charge >= 0.3 is 0 Å². The molecule has 0 radical (unpaired) electrons. The molecule has 0 saturated carbocycles. The number of amides is 2. The molecule has 0 aliphatic heterocycles. The summed E-state index contributed by atoms with van der Waals surface area (Å²) in [5.74, 6) is -0.401. The monoisotopic (exact) mass is 447 g/mol. The van der Waals surface area contributed by atoms with E-state index in [0.29, 0.717) is 18.7 Å². The number of tetrazole rings is 1. The third kappa shape index (κ3) is 5.19. The fraction of sp³-hybridized carbons (Fsp3) is 0.375. The lowest BCUT2D eigenvalue weighted by molar-refractivity contribution is -0.124. The molecule has 2 aromatic carbocycles. The fourth-order valence-corrected chi connectivity index (χ4v) is 3.92. The first kappa shape index (κ1) is 22.4. The van der Waals surface area contributed by atoms with E-state index in [1.54, 1.807) is 17.1 Å². The van der Waals surface area contributed by atoms with Crippen LogP contribution in [0.3, 0.4) is 0 Å². The second-order valence-corrected chi connectivity index (χ2v) is 8.34. The molecule has 33 heavy (non-hydrogen) atoms. The molecular formula is C24H29N7O2. The molecule has 2 aromatic heterocycles. The van der Waals surface area contributed by atoms with Crippen LogP contribution in [0.25, 0.3) is 21.8 Å². The molecule has 0 spiro atoms. The van der Waals surface area contributed by atoms with Gasteiger partial charge in [-0.15, -0.1) is 5.10 Å². The Morgan fingerprint density at radius 3 is 2.70 bits per heavy atom. The number of fused-ring (bicyclic) bond motifs is 3. The first-order valence-corrected chi connectivity index (χ1v) is 11.4. The number of unbranched alkanes of at least 4 members (excludes halogenated alkanes) is 1. The quantitative estimate of drug-likeness (QED) is 0.323. The molecule has 2 atom stereocenters. The fourth-order valence-electron chi connectivity index (χ4n) is 3.92. The number of aromatic amines is 1. The van der Waals surface area contributed by atoms with Gasteiger partial charge in [0.15, 0.2) is 0 Å². The van der Waals surface area contributed by atoms with Crippen LogP contribution in [0.5, 0.6) is 0 Å². The summed E-state index contributed by atoms with van der Waals surface area (Å²) in [6.45, 7) is 5.22. The highest BCUT2D eigenvalue weighted by molar-refractivity contribution is 6.10. The summed E-state index contributed by atoms with van der Waals surface area (Å²) in [7, 11) is 0. The van der Waals surface area contributed by atoms with Crippen molar-refractivity contribution in [1.29, 1.82) is 0 Å². The molecule has 0 bridgehead atoms. The van der Waals surface area contributed by atoms with Crippen LogP contribution in [0.1, 0.15) is 43.5 Å². The number of para-hydroxylation sites is 1. The number of rotatable bonds is 10. The number of nitrogens with zero attached hydrogens (tertiary/aromatic N) is 4. The lowest BCUT2D eigenvalue weighted by atomic mass is 9.97. The molecule has 4 aromatic rings. The Morgan fingerprint density at radius 2 is 1.91 bits per heavy atom. The Kier molecular flexibility index (Phi) is 6.97. The smallest absolute Gasteiger partial charge is 0.251 e. The van der Waals surface area contributed by atoms with E-state index in [9.17, 15) is 9.59 Å². The molecule has 0 fully saturated rings. The van der Waals surface area contributed by atoms with Crippen molar-refractivity contribution in [1.82, 2.24) is 35.8 Å².